The van der Waals surface area contributed by atoms with E-state index in [1.807, 2.05) is 45.0 Å². The second-order valence-corrected chi connectivity index (χ2v) is 18.2. The Labute approximate surface area is 305 Å². The monoisotopic (exact) mass is 705 g/mol. The maximum absolute atomic E-state index is 14.7. The van der Waals surface area contributed by atoms with Gasteiger partial charge in [0.25, 0.3) is 0 Å². The highest BCUT2D eigenvalue weighted by Crippen LogP contribution is 2.76. The Morgan fingerprint density at radius 1 is 0.882 bits per heavy atom. The number of para-hydroxylation sites is 1. The highest BCUT2D eigenvalue weighted by Gasteiger charge is 2.72. The molecule has 0 spiro atoms. The second-order valence-electron chi connectivity index (χ2n) is 18.2. The summed E-state index contributed by atoms with van der Waals surface area (Å²) in [6, 6.07) is 7.43. The minimum Gasteiger partial charge on any atom is -0.465 e. The Morgan fingerprint density at radius 3 is 2.27 bits per heavy atom. The van der Waals surface area contributed by atoms with E-state index in [-0.39, 0.29) is 71.2 Å². The number of aliphatic hydroxyl groups is 2. The van der Waals surface area contributed by atoms with E-state index >= 15 is 0 Å². The van der Waals surface area contributed by atoms with Gasteiger partial charge in [-0.25, -0.2) is 0 Å². The predicted molar refractivity (Wildman–Crippen MR) is 197 cm³/mol. The number of rotatable bonds is 8. The lowest BCUT2D eigenvalue weighted by Crippen LogP contribution is -2.68. The molecule has 4 fully saturated rings. The Hall–Kier alpha value is -2.71. The molecule has 11 atom stereocenters. The van der Waals surface area contributed by atoms with Gasteiger partial charge in [0.1, 0.15) is 12.7 Å². The smallest absolute Gasteiger partial charge is 0.305 e. The summed E-state index contributed by atoms with van der Waals surface area (Å²) in [5, 5.41) is 25.8. The van der Waals surface area contributed by atoms with E-state index < -0.39 is 16.4 Å². The third-order valence-corrected chi connectivity index (χ3v) is 16.1. The van der Waals surface area contributed by atoms with Crippen LogP contribution in [0.15, 0.2) is 35.9 Å². The summed E-state index contributed by atoms with van der Waals surface area (Å²) >= 11 is 0. The van der Waals surface area contributed by atoms with Gasteiger partial charge in [0.2, 0.25) is 5.91 Å². The summed E-state index contributed by atoms with van der Waals surface area (Å²) in [6.07, 6.45) is 10.1. The molecule has 8 nitrogen and oxygen atoms in total. The molecule has 0 bridgehead atoms. The molecule has 0 aliphatic heterocycles. The summed E-state index contributed by atoms with van der Waals surface area (Å²) in [5.74, 6) is -0.284. The minimum absolute atomic E-state index is 0.0304. The molecular formula is C43H63NO7. The number of esters is 2. The molecule has 51 heavy (non-hydrogen) atoms. The molecule has 5 aliphatic rings. The normalized spacial score (nSPS) is 42.9. The summed E-state index contributed by atoms with van der Waals surface area (Å²) in [5.41, 5.74) is -0.216. The maximum Gasteiger partial charge on any atom is 0.305 e. The fourth-order valence-electron chi connectivity index (χ4n) is 12.7. The van der Waals surface area contributed by atoms with Crippen LogP contribution in [0.3, 0.4) is 0 Å². The van der Waals surface area contributed by atoms with Gasteiger partial charge in [-0.3, -0.25) is 14.4 Å². The predicted octanol–water partition coefficient (Wildman–Crippen LogP) is 8.15. The van der Waals surface area contributed by atoms with Gasteiger partial charge in [0.05, 0.1) is 17.6 Å². The topological polar surface area (TPSA) is 122 Å². The van der Waals surface area contributed by atoms with E-state index in [1.165, 1.54) is 5.57 Å². The molecule has 0 heterocycles. The largest absolute Gasteiger partial charge is 0.465 e. The van der Waals surface area contributed by atoms with Crippen LogP contribution in [-0.2, 0) is 30.5 Å². The number of hydrogen-bond donors (Lipinski definition) is 3. The van der Waals surface area contributed by atoms with Crippen LogP contribution in [0, 0.1) is 50.7 Å². The molecule has 1 aromatic carbocycles. The molecule has 8 heteroatoms. The van der Waals surface area contributed by atoms with Gasteiger partial charge in [-0.15, -0.1) is 0 Å². The van der Waals surface area contributed by atoms with Crippen molar-refractivity contribution in [3.8, 4) is 0 Å². The average Bonchev–Trinajstić information content (AvgIpc) is 3.10. The van der Waals surface area contributed by atoms with Crippen LogP contribution in [0.4, 0.5) is 5.69 Å². The number of anilines is 1. The first-order valence-corrected chi connectivity index (χ1v) is 19.8. The number of carbonyl (C=O) groups excluding carboxylic acids is 3. The van der Waals surface area contributed by atoms with Crippen LogP contribution in [0.25, 0.3) is 0 Å². The fraction of sp³-hybridized carbons (Fsp3) is 0.744. The van der Waals surface area contributed by atoms with Crippen molar-refractivity contribution in [3.63, 3.8) is 0 Å². The second kappa shape index (κ2) is 13.3. The van der Waals surface area contributed by atoms with Crippen molar-refractivity contribution in [2.45, 2.75) is 144 Å². The van der Waals surface area contributed by atoms with Gasteiger partial charge < -0.3 is 25.0 Å². The SMILES string of the molecule is CCC(=O)OC[C@@]1(C)C2CC[C@]3(C)C(CC=C4C5[C@](C(=O)Nc6ccccc6CO)(CC[C@@H](C)[C@@]5(C)O)CC[C@]43C)[C@@]2(C)CC[C@@H]1OC(=O)CC. The van der Waals surface area contributed by atoms with Gasteiger partial charge in [-0.05, 0) is 105 Å². The number of carbonyl (C=O) groups is 3. The van der Waals surface area contributed by atoms with Gasteiger partial charge in [-0.2, -0.15) is 0 Å². The minimum atomic E-state index is -1.08. The summed E-state index contributed by atoms with van der Waals surface area (Å²) in [6.45, 7) is 17.3. The van der Waals surface area contributed by atoms with Crippen LogP contribution in [0.2, 0.25) is 0 Å². The first-order valence-electron chi connectivity index (χ1n) is 19.8. The summed E-state index contributed by atoms with van der Waals surface area (Å²) < 4.78 is 12.0. The Balaban J connectivity index is 1.40. The first kappa shape index (κ1) is 38.0. The molecule has 6 rings (SSSR count). The van der Waals surface area contributed by atoms with Gasteiger partial charge in [-0.1, -0.05) is 78.3 Å². The van der Waals surface area contributed by atoms with Crippen molar-refractivity contribution in [3.05, 3.63) is 41.5 Å². The van der Waals surface area contributed by atoms with E-state index in [9.17, 15) is 24.6 Å². The van der Waals surface area contributed by atoms with Crippen molar-refractivity contribution < 1.29 is 34.1 Å². The molecule has 3 N–H and O–H groups in total. The lowest BCUT2D eigenvalue weighted by atomic mass is 9.33. The molecule has 0 saturated heterocycles. The zero-order chi connectivity index (χ0) is 37.2. The van der Waals surface area contributed by atoms with E-state index in [0.29, 0.717) is 42.9 Å². The Morgan fingerprint density at radius 2 is 1.59 bits per heavy atom. The Bertz CT molecular complexity index is 1570. The number of nitrogens with one attached hydrogen (secondary N) is 1. The lowest BCUT2D eigenvalue weighted by molar-refractivity contribution is -0.231. The van der Waals surface area contributed by atoms with Gasteiger partial charge in [0, 0.05) is 35.4 Å². The van der Waals surface area contributed by atoms with Crippen LogP contribution in [0.1, 0.15) is 132 Å². The molecule has 5 aliphatic carbocycles. The number of aliphatic hydroxyl groups excluding tert-OH is 1. The highest BCUT2D eigenvalue weighted by molar-refractivity contribution is 5.97. The highest BCUT2D eigenvalue weighted by atomic mass is 16.6. The maximum atomic E-state index is 14.7. The fourth-order valence-corrected chi connectivity index (χ4v) is 12.7. The van der Waals surface area contributed by atoms with Crippen molar-refractivity contribution in [2.75, 3.05) is 11.9 Å². The number of benzene rings is 1. The molecule has 282 valence electrons. The molecule has 1 aromatic rings. The quantitative estimate of drug-likeness (QED) is 0.184. The molecule has 1 amide bonds. The van der Waals surface area contributed by atoms with Crippen LogP contribution < -0.4 is 5.32 Å². The third-order valence-electron chi connectivity index (χ3n) is 16.1. The lowest BCUT2D eigenvalue weighted by Gasteiger charge is -2.72. The first-order chi connectivity index (χ1) is 24.0. The van der Waals surface area contributed by atoms with Crippen molar-refractivity contribution in [2.24, 2.45) is 50.7 Å². The average molecular weight is 706 g/mol. The zero-order valence-electron chi connectivity index (χ0n) is 32.4. The molecule has 3 unspecified atom stereocenters. The molecule has 0 radical (unpaired) electrons. The number of ether oxygens (including phenoxy) is 2. The number of amides is 1. The standard InChI is InChI=1S/C43H63NO7/c1-9-34(46)50-26-39(5)31-18-21-41(7)32(38(31,4)20-19-33(39)51-35(47)10-2)16-15-29-36-42(8,49)27(3)17-22-43(36,24-23-40(29,41)6)37(48)44-30-14-12-11-13-28(30)25-45/h11-15,27,31-33,36,45,49H,9-10,16-26H2,1-8H3,(H,44,48)/t27-,31?,32?,33+,36?,38+,39+,40-,41-,42-,43+/m1/s1. The van der Waals surface area contributed by atoms with Crippen LogP contribution in [0.5, 0.6) is 0 Å². The van der Waals surface area contributed by atoms with E-state index in [0.717, 1.165) is 44.9 Å². The van der Waals surface area contributed by atoms with Crippen LogP contribution >= 0.6 is 0 Å². The zero-order valence-corrected chi connectivity index (χ0v) is 32.4. The van der Waals surface area contributed by atoms with E-state index in [4.69, 9.17) is 9.47 Å². The number of fused-ring (bicyclic) bond motifs is 7. The van der Waals surface area contributed by atoms with Crippen molar-refractivity contribution >= 4 is 23.5 Å². The third kappa shape index (κ3) is 5.63. The number of allylic oxidation sites excluding steroid dienone is 1. The van der Waals surface area contributed by atoms with E-state index in [1.54, 1.807) is 0 Å². The van der Waals surface area contributed by atoms with Gasteiger partial charge in [0.15, 0.2) is 0 Å². The summed E-state index contributed by atoms with van der Waals surface area (Å²) in [7, 11) is 0. The molecule has 0 aromatic heterocycles. The number of hydrogen-bond acceptors (Lipinski definition) is 7. The summed E-state index contributed by atoms with van der Waals surface area (Å²) in [4.78, 5) is 39.9. The van der Waals surface area contributed by atoms with Crippen LogP contribution in [-0.4, -0.2) is 46.4 Å². The molecular weight excluding hydrogens is 642 g/mol. The van der Waals surface area contributed by atoms with Crippen molar-refractivity contribution in [1.82, 2.24) is 0 Å². The van der Waals surface area contributed by atoms with Crippen molar-refractivity contribution in [1.29, 1.82) is 0 Å². The van der Waals surface area contributed by atoms with E-state index in [2.05, 4.69) is 46.0 Å². The van der Waals surface area contributed by atoms with Gasteiger partial charge >= 0.3 is 11.9 Å². The Kier molecular flexibility index (Phi) is 9.92. The molecule has 4 saturated carbocycles.